The highest BCUT2D eigenvalue weighted by Gasteiger charge is 2.22. The van der Waals surface area contributed by atoms with Crippen molar-refractivity contribution >= 4 is 35.0 Å². The number of anilines is 1. The van der Waals surface area contributed by atoms with Crippen molar-refractivity contribution in [1.29, 1.82) is 0 Å². The van der Waals surface area contributed by atoms with Gasteiger partial charge in [-0.1, -0.05) is 18.2 Å². The van der Waals surface area contributed by atoms with E-state index in [1.54, 1.807) is 0 Å². The van der Waals surface area contributed by atoms with Crippen LogP contribution in [0.4, 0.5) is 5.69 Å². The quantitative estimate of drug-likeness (QED) is 0.824. The lowest BCUT2D eigenvalue weighted by Crippen LogP contribution is -2.31. The van der Waals surface area contributed by atoms with Gasteiger partial charge in [0.25, 0.3) is 0 Å². The number of hydrogen-bond donors (Lipinski definition) is 1. The Balaban J connectivity index is 2.62. The summed E-state index contributed by atoms with van der Waals surface area (Å²) in [6.07, 6.45) is 1.88. The van der Waals surface area contributed by atoms with E-state index in [9.17, 15) is 4.79 Å². The van der Waals surface area contributed by atoms with Crippen LogP contribution in [-0.2, 0) is 4.79 Å². The maximum atomic E-state index is 11.8. The minimum absolute atomic E-state index is 0.0452. The van der Waals surface area contributed by atoms with Gasteiger partial charge in [0, 0.05) is 5.69 Å². The maximum Gasteiger partial charge on any atom is 0.238 e. The number of rotatable bonds is 4. The van der Waals surface area contributed by atoms with Gasteiger partial charge in [-0.25, -0.2) is 0 Å². The molecule has 4 heteroatoms. The molecule has 2 unspecified atom stereocenters. The maximum absolute atomic E-state index is 11.8. The third-order valence-electron chi connectivity index (χ3n) is 1.97. The molecule has 0 aromatic heterocycles. The zero-order chi connectivity index (χ0) is 11.3. The third-order valence-corrected chi connectivity index (χ3v) is 3.50. The summed E-state index contributed by atoms with van der Waals surface area (Å²) in [7, 11) is 0. The van der Waals surface area contributed by atoms with Crippen LogP contribution in [-0.4, -0.2) is 22.8 Å². The van der Waals surface area contributed by atoms with E-state index in [4.69, 9.17) is 11.6 Å². The molecule has 1 rings (SSSR count). The Kier molecular flexibility index (Phi) is 4.99. The zero-order valence-corrected chi connectivity index (χ0v) is 10.3. The summed E-state index contributed by atoms with van der Waals surface area (Å²) >= 11 is 7.38. The van der Waals surface area contributed by atoms with Crippen LogP contribution in [0.2, 0.25) is 0 Å². The third kappa shape index (κ3) is 3.76. The lowest BCUT2D eigenvalue weighted by Gasteiger charge is -2.16. The van der Waals surface area contributed by atoms with E-state index in [1.165, 1.54) is 11.8 Å². The van der Waals surface area contributed by atoms with Crippen LogP contribution in [0.5, 0.6) is 0 Å². The Labute approximate surface area is 99.4 Å². The van der Waals surface area contributed by atoms with E-state index in [0.29, 0.717) is 0 Å². The van der Waals surface area contributed by atoms with Crippen LogP contribution < -0.4 is 5.32 Å². The molecule has 0 spiro atoms. The summed E-state index contributed by atoms with van der Waals surface area (Å²) in [6.45, 7) is 1.83. The lowest BCUT2D eigenvalue weighted by atomic mass is 10.2. The average Bonchev–Trinajstić information content (AvgIpc) is 2.19. The molecular weight excluding hydrogens is 230 g/mol. The van der Waals surface area contributed by atoms with Gasteiger partial charge in [0.05, 0.1) is 10.6 Å². The van der Waals surface area contributed by atoms with Gasteiger partial charge in [-0.3, -0.25) is 4.79 Å². The van der Waals surface area contributed by atoms with E-state index in [-0.39, 0.29) is 16.5 Å². The van der Waals surface area contributed by atoms with Crippen molar-refractivity contribution in [3.05, 3.63) is 30.3 Å². The van der Waals surface area contributed by atoms with Gasteiger partial charge in [0.2, 0.25) is 5.91 Å². The van der Waals surface area contributed by atoms with Gasteiger partial charge in [-0.15, -0.1) is 11.6 Å². The number of thioether (sulfide) groups is 1. The topological polar surface area (TPSA) is 29.1 Å². The molecule has 0 aliphatic rings. The molecule has 0 saturated heterocycles. The highest BCUT2D eigenvalue weighted by atomic mass is 35.5. The van der Waals surface area contributed by atoms with Crippen molar-refractivity contribution in [2.75, 3.05) is 11.6 Å². The van der Waals surface area contributed by atoms with Crippen LogP contribution in [0.3, 0.4) is 0 Å². The first-order valence-electron chi connectivity index (χ1n) is 4.68. The summed E-state index contributed by atoms with van der Waals surface area (Å²) in [5.74, 6) is -0.0452. The largest absolute Gasteiger partial charge is 0.325 e. The average molecular weight is 244 g/mol. The van der Waals surface area contributed by atoms with Crippen molar-refractivity contribution in [1.82, 2.24) is 0 Å². The number of para-hydroxylation sites is 1. The standard InChI is InChI=1S/C11H14ClNOS/c1-8(12)10(15-2)11(14)13-9-6-4-3-5-7-9/h3-8,10H,1-2H3,(H,13,14). The SMILES string of the molecule is CSC(C(=O)Nc1ccccc1)C(C)Cl. The molecule has 1 amide bonds. The first-order chi connectivity index (χ1) is 7.15. The molecular formula is C11H14ClNOS. The first-order valence-corrected chi connectivity index (χ1v) is 6.40. The zero-order valence-electron chi connectivity index (χ0n) is 8.74. The molecule has 1 N–H and O–H groups in total. The Hall–Kier alpha value is -0.670. The number of benzene rings is 1. The van der Waals surface area contributed by atoms with E-state index in [2.05, 4.69) is 5.32 Å². The smallest absolute Gasteiger partial charge is 0.238 e. The molecule has 2 atom stereocenters. The minimum Gasteiger partial charge on any atom is -0.325 e. The van der Waals surface area contributed by atoms with Gasteiger partial charge < -0.3 is 5.32 Å². The molecule has 1 aromatic carbocycles. The number of carbonyl (C=O) groups excluding carboxylic acids is 1. The summed E-state index contributed by atoms with van der Waals surface area (Å²) in [6, 6.07) is 9.38. The molecule has 0 fully saturated rings. The summed E-state index contributed by atoms with van der Waals surface area (Å²) < 4.78 is 0. The predicted molar refractivity (Wildman–Crippen MR) is 67.7 cm³/mol. The van der Waals surface area contributed by atoms with Crippen LogP contribution >= 0.6 is 23.4 Å². The van der Waals surface area contributed by atoms with E-state index in [0.717, 1.165) is 5.69 Å². The predicted octanol–water partition coefficient (Wildman–Crippen LogP) is 2.98. The van der Waals surface area contributed by atoms with Gasteiger partial charge in [-0.05, 0) is 25.3 Å². The number of carbonyl (C=O) groups is 1. The number of halogens is 1. The van der Waals surface area contributed by atoms with Crippen LogP contribution in [0.15, 0.2) is 30.3 Å². The Bertz CT molecular complexity index is 316. The normalized spacial score (nSPS) is 14.3. The molecule has 82 valence electrons. The summed E-state index contributed by atoms with van der Waals surface area (Å²) in [4.78, 5) is 11.8. The fraction of sp³-hybridized carbons (Fsp3) is 0.364. The second kappa shape index (κ2) is 6.03. The van der Waals surface area contributed by atoms with Crippen molar-refractivity contribution in [2.24, 2.45) is 0 Å². The fourth-order valence-corrected chi connectivity index (χ4v) is 2.31. The summed E-state index contributed by atoms with van der Waals surface area (Å²) in [5.41, 5.74) is 0.805. The molecule has 0 heterocycles. The summed E-state index contributed by atoms with van der Waals surface area (Å²) in [5, 5.41) is 2.44. The van der Waals surface area contributed by atoms with Crippen molar-refractivity contribution in [2.45, 2.75) is 17.6 Å². The van der Waals surface area contributed by atoms with Gasteiger partial charge in [0.1, 0.15) is 0 Å². The van der Waals surface area contributed by atoms with Gasteiger partial charge in [0.15, 0.2) is 0 Å². The molecule has 2 nitrogen and oxygen atoms in total. The first kappa shape index (κ1) is 12.4. The number of nitrogens with one attached hydrogen (secondary N) is 1. The van der Waals surface area contributed by atoms with Crippen LogP contribution in [0, 0.1) is 0 Å². The second-order valence-corrected chi connectivity index (χ2v) is 4.86. The molecule has 15 heavy (non-hydrogen) atoms. The van der Waals surface area contributed by atoms with Crippen LogP contribution in [0.25, 0.3) is 0 Å². The van der Waals surface area contributed by atoms with E-state index >= 15 is 0 Å². The highest BCUT2D eigenvalue weighted by molar-refractivity contribution is 8.00. The Morgan fingerprint density at radius 3 is 2.47 bits per heavy atom. The van der Waals surface area contributed by atoms with Crippen LogP contribution in [0.1, 0.15) is 6.92 Å². The fourth-order valence-electron chi connectivity index (χ4n) is 1.24. The molecule has 1 aromatic rings. The molecule has 0 aliphatic heterocycles. The highest BCUT2D eigenvalue weighted by Crippen LogP contribution is 2.18. The number of alkyl halides is 1. The number of hydrogen-bond acceptors (Lipinski definition) is 2. The van der Waals surface area contributed by atoms with Gasteiger partial charge >= 0.3 is 0 Å². The molecule has 0 aliphatic carbocycles. The number of amides is 1. The molecule has 0 radical (unpaired) electrons. The molecule has 0 saturated carbocycles. The second-order valence-electron chi connectivity index (χ2n) is 3.19. The van der Waals surface area contributed by atoms with E-state index in [1.807, 2.05) is 43.5 Å². The molecule has 0 bridgehead atoms. The van der Waals surface area contributed by atoms with Gasteiger partial charge in [-0.2, -0.15) is 11.8 Å². The van der Waals surface area contributed by atoms with Crippen molar-refractivity contribution < 1.29 is 4.79 Å². The van der Waals surface area contributed by atoms with Crippen molar-refractivity contribution in [3.63, 3.8) is 0 Å². The monoisotopic (exact) mass is 243 g/mol. The Morgan fingerprint density at radius 2 is 2.00 bits per heavy atom. The van der Waals surface area contributed by atoms with E-state index < -0.39 is 0 Å². The van der Waals surface area contributed by atoms with Crippen molar-refractivity contribution in [3.8, 4) is 0 Å². The minimum atomic E-state index is -0.216. The Morgan fingerprint density at radius 1 is 1.40 bits per heavy atom. The lowest BCUT2D eigenvalue weighted by molar-refractivity contribution is -0.115.